The lowest BCUT2D eigenvalue weighted by molar-refractivity contribution is 0.629. The summed E-state index contributed by atoms with van der Waals surface area (Å²) in [6.45, 7) is 3.05. The quantitative estimate of drug-likeness (QED) is 0.890. The highest BCUT2D eigenvalue weighted by Crippen LogP contribution is 2.34. The predicted octanol–water partition coefficient (Wildman–Crippen LogP) is 3.68. The third-order valence-corrected chi connectivity index (χ3v) is 3.53. The van der Waals surface area contributed by atoms with Crippen molar-refractivity contribution in [3.8, 4) is 0 Å². The van der Waals surface area contributed by atoms with E-state index in [4.69, 9.17) is 0 Å². The second kappa shape index (κ2) is 4.56. The van der Waals surface area contributed by atoms with Gasteiger partial charge in [-0.1, -0.05) is 6.92 Å². The van der Waals surface area contributed by atoms with E-state index in [0.29, 0.717) is 0 Å². The Kier molecular flexibility index (Phi) is 2.90. The SMILES string of the molecule is CCCNc1c2c(nc3ccc(F)cc13)CCC2. The van der Waals surface area contributed by atoms with Crippen LogP contribution in [-0.2, 0) is 12.8 Å². The Morgan fingerprint density at radius 1 is 1.33 bits per heavy atom. The molecule has 2 aromatic rings. The molecule has 0 fully saturated rings. The molecule has 18 heavy (non-hydrogen) atoms. The predicted molar refractivity (Wildman–Crippen MR) is 72.5 cm³/mol. The zero-order chi connectivity index (χ0) is 12.5. The average Bonchev–Trinajstić information content (AvgIpc) is 2.82. The van der Waals surface area contributed by atoms with Crippen molar-refractivity contribution in [2.75, 3.05) is 11.9 Å². The first-order valence-corrected chi connectivity index (χ1v) is 6.64. The third-order valence-electron chi connectivity index (χ3n) is 3.53. The van der Waals surface area contributed by atoms with E-state index in [-0.39, 0.29) is 5.82 Å². The van der Waals surface area contributed by atoms with Crippen LogP contribution in [0, 0.1) is 5.82 Å². The lowest BCUT2D eigenvalue weighted by Crippen LogP contribution is -2.05. The van der Waals surface area contributed by atoms with Crippen molar-refractivity contribution in [2.24, 2.45) is 0 Å². The Morgan fingerprint density at radius 2 is 2.22 bits per heavy atom. The van der Waals surface area contributed by atoms with Crippen LogP contribution < -0.4 is 5.32 Å². The van der Waals surface area contributed by atoms with Gasteiger partial charge in [0.15, 0.2) is 0 Å². The van der Waals surface area contributed by atoms with E-state index in [2.05, 4.69) is 17.2 Å². The number of hydrogen-bond acceptors (Lipinski definition) is 2. The van der Waals surface area contributed by atoms with Crippen LogP contribution in [0.15, 0.2) is 18.2 Å². The van der Waals surface area contributed by atoms with E-state index in [0.717, 1.165) is 48.8 Å². The van der Waals surface area contributed by atoms with Crippen molar-refractivity contribution in [3.63, 3.8) is 0 Å². The largest absolute Gasteiger partial charge is 0.384 e. The summed E-state index contributed by atoms with van der Waals surface area (Å²) in [5.41, 5.74) is 4.48. The number of rotatable bonds is 3. The lowest BCUT2D eigenvalue weighted by Gasteiger charge is -2.14. The Labute approximate surface area is 106 Å². The first-order valence-electron chi connectivity index (χ1n) is 6.64. The molecule has 2 nitrogen and oxygen atoms in total. The van der Waals surface area contributed by atoms with E-state index in [1.807, 2.05) is 0 Å². The fourth-order valence-electron chi connectivity index (χ4n) is 2.69. The van der Waals surface area contributed by atoms with Gasteiger partial charge in [0.1, 0.15) is 5.82 Å². The molecule has 3 rings (SSSR count). The van der Waals surface area contributed by atoms with Crippen LogP contribution in [0.5, 0.6) is 0 Å². The summed E-state index contributed by atoms with van der Waals surface area (Å²) in [5.74, 6) is -0.193. The molecule has 1 N–H and O–H groups in total. The Morgan fingerprint density at radius 3 is 3.06 bits per heavy atom. The standard InChI is InChI=1S/C15H17FN2/c1-2-8-17-15-11-4-3-5-13(11)18-14-7-6-10(16)9-12(14)15/h6-7,9H,2-5,8H2,1H3,(H,17,18). The van der Waals surface area contributed by atoms with Gasteiger partial charge >= 0.3 is 0 Å². The third kappa shape index (κ3) is 1.84. The number of nitrogens with zero attached hydrogens (tertiary/aromatic N) is 1. The molecule has 0 spiro atoms. The second-order valence-electron chi connectivity index (χ2n) is 4.85. The van der Waals surface area contributed by atoms with Crippen LogP contribution >= 0.6 is 0 Å². The number of fused-ring (bicyclic) bond motifs is 2. The summed E-state index contributed by atoms with van der Waals surface area (Å²) < 4.78 is 13.4. The molecule has 1 aromatic heterocycles. The fraction of sp³-hybridized carbons (Fsp3) is 0.400. The highest BCUT2D eigenvalue weighted by molar-refractivity contribution is 5.93. The summed E-state index contributed by atoms with van der Waals surface area (Å²) in [4.78, 5) is 4.66. The van der Waals surface area contributed by atoms with Crippen molar-refractivity contribution in [2.45, 2.75) is 32.6 Å². The summed E-state index contributed by atoms with van der Waals surface area (Å²) in [6.07, 6.45) is 4.32. The number of benzene rings is 1. The minimum Gasteiger partial charge on any atom is -0.384 e. The minimum atomic E-state index is -0.193. The number of nitrogens with one attached hydrogen (secondary N) is 1. The molecular formula is C15H17FN2. The zero-order valence-electron chi connectivity index (χ0n) is 10.6. The van der Waals surface area contributed by atoms with Gasteiger partial charge in [-0.15, -0.1) is 0 Å². The van der Waals surface area contributed by atoms with Crippen molar-refractivity contribution in [3.05, 3.63) is 35.3 Å². The molecule has 1 aliphatic carbocycles. The van der Waals surface area contributed by atoms with Gasteiger partial charge in [-0.2, -0.15) is 0 Å². The minimum absolute atomic E-state index is 0.193. The molecule has 94 valence electrons. The number of aryl methyl sites for hydroxylation is 1. The molecule has 0 saturated heterocycles. The Bertz CT molecular complexity index is 593. The number of anilines is 1. The molecule has 0 saturated carbocycles. The monoisotopic (exact) mass is 244 g/mol. The van der Waals surface area contributed by atoms with Crippen LogP contribution in [0.2, 0.25) is 0 Å². The van der Waals surface area contributed by atoms with Gasteiger partial charge in [-0.25, -0.2) is 4.39 Å². The number of pyridine rings is 1. The van der Waals surface area contributed by atoms with Gasteiger partial charge < -0.3 is 5.32 Å². The fourth-order valence-corrected chi connectivity index (χ4v) is 2.69. The van der Waals surface area contributed by atoms with Gasteiger partial charge in [0.25, 0.3) is 0 Å². The Hall–Kier alpha value is -1.64. The molecular weight excluding hydrogens is 227 g/mol. The topological polar surface area (TPSA) is 24.9 Å². The molecule has 1 heterocycles. The van der Waals surface area contributed by atoms with Gasteiger partial charge in [0.05, 0.1) is 5.52 Å². The first kappa shape index (κ1) is 11.5. The molecule has 1 aliphatic rings. The molecule has 0 unspecified atom stereocenters. The number of halogens is 1. The number of aromatic nitrogens is 1. The average molecular weight is 244 g/mol. The van der Waals surface area contributed by atoms with Crippen LogP contribution in [-0.4, -0.2) is 11.5 Å². The molecule has 0 atom stereocenters. The van der Waals surface area contributed by atoms with E-state index in [1.165, 1.54) is 17.3 Å². The highest BCUT2D eigenvalue weighted by Gasteiger charge is 2.19. The van der Waals surface area contributed by atoms with E-state index >= 15 is 0 Å². The normalized spacial score (nSPS) is 13.9. The molecule has 0 bridgehead atoms. The zero-order valence-corrected chi connectivity index (χ0v) is 10.6. The lowest BCUT2D eigenvalue weighted by atomic mass is 10.1. The van der Waals surface area contributed by atoms with E-state index < -0.39 is 0 Å². The summed E-state index contributed by atoms with van der Waals surface area (Å²) in [6, 6.07) is 4.86. The Balaban J connectivity index is 2.22. The molecule has 1 aromatic carbocycles. The van der Waals surface area contributed by atoms with Crippen LogP contribution in [0.1, 0.15) is 31.0 Å². The number of hydrogen-bond donors (Lipinski definition) is 1. The summed E-state index contributed by atoms with van der Waals surface area (Å²) >= 11 is 0. The molecule has 0 aliphatic heterocycles. The van der Waals surface area contributed by atoms with Crippen molar-refractivity contribution in [1.29, 1.82) is 0 Å². The maximum Gasteiger partial charge on any atom is 0.124 e. The van der Waals surface area contributed by atoms with Crippen molar-refractivity contribution < 1.29 is 4.39 Å². The molecule has 3 heteroatoms. The van der Waals surface area contributed by atoms with Gasteiger partial charge in [-0.05, 0) is 49.4 Å². The first-order chi connectivity index (χ1) is 8.79. The van der Waals surface area contributed by atoms with Crippen LogP contribution in [0.3, 0.4) is 0 Å². The van der Waals surface area contributed by atoms with Gasteiger partial charge in [0, 0.05) is 23.3 Å². The van der Waals surface area contributed by atoms with E-state index in [1.54, 1.807) is 12.1 Å². The summed E-state index contributed by atoms with van der Waals surface area (Å²) in [7, 11) is 0. The maximum absolute atomic E-state index is 13.4. The molecule has 0 amide bonds. The van der Waals surface area contributed by atoms with Crippen LogP contribution in [0.25, 0.3) is 10.9 Å². The van der Waals surface area contributed by atoms with Crippen molar-refractivity contribution in [1.82, 2.24) is 4.98 Å². The smallest absolute Gasteiger partial charge is 0.124 e. The van der Waals surface area contributed by atoms with Gasteiger partial charge in [-0.3, -0.25) is 4.98 Å². The second-order valence-corrected chi connectivity index (χ2v) is 4.85. The maximum atomic E-state index is 13.4. The summed E-state index contributed by atoms with van der Waals surface area (Å²) in [5, 5.41) is 4.38. The van der Waals surface area contributed by atoms with E-state index in [9.17, 15) is 4.39 Å². The van der Waals surface area contributed by atoms with Crippen LogP contribution in [0.4, 0.5) is 10.1 Å². The van der Waals surface area contributed by atoms with Gasteiger partial charge in [0.2, 0.25) is 0 Å². The highest BCUT2D eigenvalue weighted by atomic mass is 19.1. The molecule has 0 radical (unpaired) electrons. The van der Waals surface area contributed by atoms with Crippen molar-refractivity contribution >= 4 is 16.6 Å².